The fraction of sp³-hybridized carbons (Fsp3) is 0.235. The van der Waals surface area contributed by atoms with Crippen LogP contribution >= 0.6 is 0 Å². The van der Waals surface area contributed by atoms with Crippen molar-refractivity contribution < 1.29 is 14.3 Å². The molecule has 2 aromatic carbocycles. The van der Waals surface area contributed by atoms with E-state index in [1.807, 2.05) is 42.5 Å². The van der Waals surface area contributed by atoms with Gasteiger partial charge < -0.3 is 20.1 Å². The number of methoxy groups -OCH3 is 2. The Labute approximate surface area is 130 Å². The lowest BCUT2D eigenvalue weighted by Gasteiger charge is -2.14. The van der Waals surface area contributed by atoms with Gasteiger partial charge in [0.05, 0.1) is 14.2 Å². The van der Waals surface area contributed by atoms with E-state index >= 15 is 0 Å². The molecule has 0 radical (unpaired) electrons. The van der Waals surface area contributed by atoms with E-state index in [1.165, 1.54) is 6.92 Å². The number of carbonyl (C=O) groups excluding carboxylic acids is 1. The van der Waals surface area contributed by atoms with Gasteiger partial charge in [-0.15, -0.1) is 0 Å². The van der Waals surface area contributed by atoms with Crippen molar-refractivity contribution in [3.63, 3.8) is 0 Å². The number of hydrogen-bond donors (Lipinski definition) is 2. The van der Waals surface area contributed by atoms with Crippen molar-refractivity contribution in [1.29, 1.82) is 0 Å². The van der Waals surface area contributed by atoms with Gasteiger partial charge in [0.15, 0.2) is 11.5 Å². The van der Waals surface area contributed by atoms with E-state index in [-0.39, 0.29) is 5.91 Å². The van der Waals surface area contributed by atoms with Gasteiger partial charge in [0.1, 0.15) is 0 Å². The van der Waals surface area contributed by atoms with Crippen LogP contribution in [0.1, 0.15) is 12.5 Å². The van der Waals surface area contributed by atoms with Gasteiger partial charge in [-0.3, -0.25) is 4.79 Å². The van der Waals surface area contributed by atoms with Crippen molar-refractivity contribution in [2.45, 2.75) is 13.5 Å². The number of rotatable bonds is 6. The van der Waals surface area contributed by atoms with Crippen LogP contribution in [-0.2, 0) is 11.3 Å². The van der Waals surface area contributed by atoms with Gasteiger partial charge >= 0.3 is 0 Å². The minimum Gasteiger partial charge on any atom is -0.493 e. The molecule has 1 amide bonds. The zero-order chi connectivity index (χ0) is 15.9. The van der Waals surface area contributed by atoms with Crippen LogP contribution in [0.4, 0.5) is 11.4 Å². The van der Waals surface area contributed by atoms with Crippen molar-refractivity contribution in [3.05, 3.63) is 48.0 Å². The second kappa shape index (κ2) is 7.36. The molecule has 2 aromatic rings. The molecule has 0 aliphatic heterocycles. The third-order valence-electron chi connectivity index (χ3n) is 3.15. The molecule has 0 bridgehead atoms. The van der Waals surface area contributed by atoms with Crippen LogP contribution in [0.15, 0.2) is 42.5 Å². The molecule has 116 valence electrons. The first-order valence-corrected chi connectivity index (χ1v) is 6.95. The first-order valence-electron chi connectivity index (χ1n) is 6.95. The number of ether oxygens (including phenoxy) is 2. The van der Waals surface area contributed by atoms with Gasteiger partial charge in [0.2, 0.25) is 5.91 Å². The van der Waals surface area contributed by atoms with Crippen LogP contribution in [0.3, 0.4) is 0 Å². The van der Waals surface area contributed by atoms with Crippen LogP contribution in [-0.4, -0.2) is 20.1 Å². The van der Waals surface area contributed by atoms with Gasteiger partial charge in [-0.2, -0.15) is 0 Å². The maximum Gasteiger partial charge on any atom is 0.221 e. The van der Waals surface area contributed by atoms with Crippen LogP contribution in [0.25, 0.3) is 0 Å². The molecule has 0 aliphatic carbocycles. The van der Waals surface area contributed by atoms with E-state index < -0.39 is 0 Å². The van der Waals surface area contributed by atoms with Gasteiger partial charge in [-0.25, -0.2) is 0 Å². The molecule has 0 saturated heterocycles. The van der Waals surface area contributed by atoms with Crippen molar-refractivity contribution in [3.8, 4) is 11.5 Å². The zero-order valence-corrected chi connectivity index (χ0v) is 13.0. The smallest absolute Gasteiger partial charge is 0.221 e. The van der Waals surface area contributed by atoms with Crippen molar-refractivity contribution in [2.24, 2.45) is 0 Å². The Bertz CT molecular complexity index is 656. The molecule has 0 spiro atoms. The van der Waals surface area contributed by atoms with Crippen LogP contribution in [0.2, 0.25) is 0 Å². The molecule has 0 unspecified atom stereocenters. The van der Waals surface area contributed by atoms with Crippen molar-refractivity contribution >= 4 is 17.3 Å². The summed E-state index contributed by atoms with van der Waals surface area (Å²) in [4.78, 5) is 11.1. The lowest BCUT2D eigenvalue weighted by atomic mass is 10.1. The summed E-state index contributed by atoms with van der Waals surface area (Å²) in [7, 11) is 3.24. The molecule has 0 heterocycles. The van der Waals surface area contributed by atoms with E-state index in [4.69, 9.17) is 9.47 Å². The minimum absolute atomic E-state index is 0.0911. The van der Waals surface area contributed by atoms with Gasteiger partial charge in [-0.1, -0.05) is 18.2 Å². The number of para-hydroxylation sites is 1. The largest absolute Gasteiger partial charge is 0.493 e. The Morgan fingerprint density at radius 2 is 1.77 bits per heavy atom. The topological polar surface area (TPSA) is 59.6 Å². The third-order valence-corrected chi connectivity index (χ3v) is 3.15. The Kier molecular flexibility index (Phi) is 5.25. The van der Waals surface area contributed by atoms with E-state index in [9.17, 15) is 4.79 Å². The zero-order valence-electron chi connectivity index (χ0n) is 13.0. The van der Waals surface area contributed by atoms with E-state index in [0.29, 0.717) is 12.3 Å². The van der Waals surface area contributed by atoms with E-state index in [0.717, 1.165) is 22.7 Å². The number of amides is 1. The monoisotopic (exact) mass is 300 g/mol. The number of carbonyl (C=O) groups is 1. The average molecular weight is 300 g/mol. The summed E-state index contributed by atoms with van der Waals surface area (Å²) in [6.07, 6.45) is 0. The minimum atomic E-state index is -0.0911. The standard InChI is InChI=1S/C17H20N2O3/c1-12(20)19-15-8-5-7-14(10-15)18-11-13-6-4-9-16(21-2)17(13)22-3/h4-10,18H,11H2,1-3H3,(H,19,20). The van der Waals surface area contributed by atoms with E-state index in [2.05, 4.69) is 10.6 Å². The van der Waals surface area contributed by atoms with Crippen molar-refractivity contribution in [2.75, 3.05) is 24.9 Å². The molecule has 0 saturated carbocycles. The first-order chi connectivity index (χ1) is 10.6. The summed E-state index contributed by atoms with van der Waals surface area (Å²) in [6, 6.07) is 13.3. The molecular formula is C17H20N2O3. The molecule has 2 N–H and O–H groups in total. The number of nitrogens with one attached hydrogen (secondary N) is 2. The summed E-state index contributed by atoms with van der Waals surface area (Å²) in [5.41, 5.74) is 2.66. The molecular weight excluding hydrogens is 280 g/mol. The fourth-order valence-electron chi connectivity index (χ4n) is 2.20. The molecule has 5 nitrogen and oxygen atoms in total. The lowest BCUT2D eigenvalue weighted by molar-refractivity contribution is -0.114. The predicted molar refractivity (Wildman–Crippen MR) is 87.6 cm³/mol. The predicted octanol–water partition coefficient (Wildman–Crippen LogP) is 3.27. The Balaban J connectivity index is 2.12. The number of anilines is 2. The maximum atomic E-state index is 11.1. The Hall–Kier alpha value is -2.69. The fourth-order valence-corrected chi connectivity index (χ4v) is 2.20. The highest BCUT2D eigenvalue weighted by Crippen LogP contribution is 2.31. The van der Waals surface area contributed by atoms with Crippen LogP contribution in [0.5, 0.6) is 11.5 Å². The molecule has 0 aromatic heterocycles. The maximum absolute atomic E-state index is 11.1. The normalized spacial score (nSPS) is 9.95. The van der Waals surface area contributed by atoms with Crippen LogP contribution < -0.4 is 20.1 Å². The average Bonchev–Trinajstić information content (AvgIpc) is 2.52. The molecule has 22 heavy (non-hydrogen) atoms. The molecule has 5 heteroatoms. The summed E-state index contributed by atoms with van der Waals surface area (Å²) in [6.45, 7) is 2.07. The molecule has 0 fully saturated rings. The Morgan fingerprint density at radius 1 is 1.05 bits per heavy atom. The number of benzene rings is 2. The highest BCUT2D eigenvalue weighted by atomic mass is 16.5. The van der Waals surface area contributed by atoms with Gasteiger partial charge in [0.25, 0.3) is 0 Å². The summed E-state index contributed by atoms with van der Waals surface area (Å²) in [5.74, 6) is 1.33. The molecule has 2 rings (SSSR count). The summed E-state index contributed by atoms with van der Waals surface area (Å²) < 4.78 is 10.7. The third kappa shape index (κ3) is 3.91. The second-order valence-electron chi connectivity index (χ2n) is 4.77. The number of hydrogen-bond acceptors (Lipinski definition) is 4. The SMILES string of the molecule is COc1cccc(CNc2cccc(NC(C)=O)c2)c1OC. The summed E-state index contributed by atoms with van der Waals surface area (Å²) >= 11 is 0. The van der Waals surface area contributed by atoms with E-state index in [1.54, 1.807) is 14.2 Å². The molecule has 0 atom stereocenters. The highest BCUT2D eigenvalue weighted by molar-refractivity contribution is 5.89. The summed E-state index contributed by atoms with van der Waals surface area (Å²) in [5, 5.41) is 6.07. The second-order valence-corrected chi connectivity index (χ2v) is 4.77. The lowest BCUT2D eigenvalue weighted by Crippen LogP contribution is -2.07. The first kappa shape index (κ1) is 15.7. The van der Waals surface area contributed by atoms with Gasteiger partial charge in [0, 0.05) is 30.4 Å². The molecule has 0 aliphatic rings. The Morgan fingerprint density at radius 3 is 2.45 bits per heavy atom. The van der Waals surface area contributed by atoms with Gasteiger partial charge in [-0.05, 0) is 24.3 Å². The highest BCUT2D eigenvalue weighted by Gasteiger charge is 2.09. The van der Waals surface area contributed by atoms with Crippen LogP contribution in [0, 0.1) is 0 Å². The van der Waals surface area contributed by atoms with Crippen molar-refractivity contribution in [1.82, 2.24) is 0 Å². The quantitative estimate of drug-likeness (QED) is 0.859.